The molecule has 3 N–H and O–H groups in total. The maximum atomic E-state index is 12.3. The summed E-state index contributed by atoms with van der Waals surface area (Å²) in [5.41, 5.74) is -0.256. The number of hydrogen-bond donors (Lipinski definition) is 3. The second-order valence-corrected chi connectivity index (χ2v) is 7.38. The van der Waals surface area contributed by atoms with Crippen LogP contribution < -0.4 is 10.9 Å². The number of aromatic nitrogens is 1. The van der Waals surface area contributed by atoms with Gasteiger partial charge in [-0.05, 0) is 23.8 Å². The van der Waals surface area contributed by atoms with Crippen molar-refractivity contribution in [1.82, 2.24) is 10.3 Å². The molecule has 0 saturated carbocycles. The lowest BCUT2D eigenvalue weighted by Crippen LogP contribution is -2.46. The highest BCUT2D eigenvalue weighted by atomic mass is 16.4. The Kier molecular flexibility index (Phi) is 4.64. The first-order chi connectivity index (χ1) is 11.0. The van der Waals surface area contributed by atoms with Crippen LogP contribution in [0.3, 0.4) is 0 Å². The van der Waals surface area contributed by atoms with Crippen molar-refractivity contribution in [2.75, 3.05) is 0 Å². The molecule has 24 heavy (non-hydrogen) atoms. The highest BCUT2D eigenvalue weighted by Gasteiger charge is 2.33. The largest absolute Gasteiger partial charge is 0.480 e. The molecule has 2 rings (SSSR count). The summed E-state index contributed by atoms with van der Waals surface area (Å²) in [5.74, 6) is -2.45. The predicted molar refractivity (Wildman–Crippen MR) is 87.2 cm³/mol. The lowest BCUT2D eigenvalue weighted by Gasteiger charge is -2.29. The minimum atomic E-state index is -1.18. The Balaban J connectivity index is 2.38. The number of pyridine rings is 1. The fraction of sp³-hybridized carbons (Fsp3) is 0.529. The van der Waals surface area contributed by atoms with E-state index in [0.29, 0.717) is 24.1 Å². The number of fused-ring (bicyclic) bond motifs is 1. The van der Waals surface area contributed by atoms with Crippen molar-refractivity contribution >= 4 is 17.7 Å². The quantitative estimate of drug-likeness (QED) is 0.769. The first-order valence-electron chi connectivity index (χ1n) is 7.85. The molecule has 130 valence electrons. The van der Waals surface area contributed by atoms with Gasteiger partial charge in [0.2, 0.25) is 0 Å². The van der Waals surface area contributed by atoms with Crippen LogP contribution in [0.25, 0.3) is 0 Å². The SMILES string of the molecule is CC(C)C(NC(=O)c1cc2c([nH]c1=O)CC(C)(C)CC2=O)C(=O)O. The van der Waals surface area contributed by atoms with Gasteiger partial charge in [0.15, 0.2) is 5.78 Å². The van der Waals surface area contributed by atoms with Crippen LogP contribution in [0.15, 0.2) is 10.9 Å². The third kappa shape index (κ3) is 3.55. The number of carbonyl (C=O) groups excluding carboxylic acids is 2. The molecular weight excluding hydrogens is 312 g/mol. The van der Waals surface area contributed by atoms with Gasteiger partial charge in [-0.15, -0.1) is 0 Å². The molecule has 1 amide bonds. The van der Waals surface area contributed by atoms with Gasteiger partial charge in [0, 0.05) is 17.7 Å². The van der Waals surface area contributed by atoms with Crippen LogP contribution in [-0.4, -0.2) is 33.8 Å². The van der Waals surface area contributed by atoms with Crippen molar-refractivity contribution in [3.8, 4) is 0 Å². The standard InChI is InChI=1S/C17H22N2O5/c1-8(2)13(16(23)24)19-15(22)10-5-9-11(18-14(10)21)6-17(3,4)7-12(9)20/h5,8,13H,6-7H2,1-4H3,(H,18,21)(H,19,22)(H,23,24). The number of rotatable bonds is 4. The summed E-state index contributed by atoms with van der Waals surface area (Å²) in [6.45, 7) is 7.18. The molecule has 1 aliphatic rings. The fourth-order valence-electron chi connectivity index (χ4n) is 2.93. The number of hydrogen-bond acceptors (Lipinski definition) is 4. The van der Waals surface area contributed by atoms with E-state index in [2.05, 4.69) is 10.3 Å². The Morgan fingerprint density at radius 3 is 2.42 bits per heavy atom. The van der Waals surface area contributed by atoms with Gasteiger partial charge in [0.25, 0.3) is 11.5 Å². The van der Waals surface area contributed by atoms with E-state index in [1.165, 1.54) is 6.07 Å². The van der Waals surface area contributed by atoms with Crippen LogP contribution >= 0.6 is 0 Å². The normalized spacial score (nSPS) is 17.3. The second-order valence-electron chi connectivity index (χ2n) is 7.38. The second kappa shape index (κ2) is 6.22. The van der Waals surface area contributed by atoms with Crippen molar-refractivity contribution in [3.05, 3.63) is 33.2 Å². The van der Waals surface area contributed by atoms with E-state index in [0.717, 1.165) is 0 Å². The third-order valence-corrected chi connectivity index (χ3v) is 4.18. The van der Waals surface area contributed by atoms with E-state index in [9.17, 15) is 19.2 Å². The van der Waals surface area contributed by atoms with Crippen LogP contribution in [0.4, 0.5) is 0 Å². The lowest BCUT2D eigenvalue weighted by atomic mass is 9.75. The molecule has 0 fully saturated rings. The average Bonchev–Trinajstić information content (AvgIpc) is 2.41. The molecule has 1 aliphatic carbocycles. The van der Waals surface area contributed by atoms with Crippen LogP contribution in [-0.2, 0) is 11.2 Å². The average molecular weight is 334 g/mol. The van der Waals surface area contributed by atoms with Crippen LogP contribution in [0, 0.1) is 11.3 Å². The zero-order valence-electron chi connectivity index (χ0n) is 14.2. The summed E-state index contributed by atoms with van der Waals surface area (Å²) in [6, 6.07) is 0.169. The first kappa shape index (κ1) is 17.9. The molecule has 1 heterocycles. The summed E-state index contributed by atoms with van der Waals surface area (Å²) in [6.07, 6.45) is 0.867. The maximum Gasteiger partial charge on any atom is 0.326 e. The smallest absolute Gasteiger partial charge is 0.326 e. The topological polar surface area (TPSA) is 116 Å². The maximum absolute atomic E-state index is 12.3. The van der Waals surface area contributed by atoms with Crippen molar-refractivity contribution in [2.45, 2.75) is 46.6 Å². The van der Waals surface area contributed by atoms with E-state index in [-0.39, 0.29) is 22.7 Å². The molecule has 0 bridgehead atoms. The third-order valence-electron chi connectivity index (χ3n) is 4.18. The molecule has 1 aromatic rings. The Hall–Kier alpha value is -2.44. The van der Waals surface area contributed by atoms with Crippen molar-refractivity contribution in [1.29, 1.82) is 0 Å². The van der Waals surface area contributed by atoms with E-state index in [4.69, 9.17) is 5.11 Å². The Morgan fingerprint density at radius 1 is 1.25 bits per heavy atom. The van der Waals surface area contributed by atoms with E-state index < -0.39 is 23.5 Å². The molecular formula is C17H22N2O5. The number of carboxylic acid groups (broad SMARTS) is 1. The van der Waals surface area contributed by atoms with Gasteiger partial charge < -0.3 is 15.4 Å². The van der Waals surface area contributed by atoms with Gasteiger partial charge in [-0.2, -0.15) is 0 Å². The predicted octanol–water partition coefficient (Wildman–Crippen LogP) is 1.37. The molecule has 0 saturated heterocycles. The van der Waals surface area contributed by atoms with Gasteiger partial charge in [0.05, 0.1) is 0 Å². The molecule has 0 aromatic carbocycles. The monoisotopic (exact) mass is 334 g/mol. The highest BCUT2D eigenvalue weighted by molar-refractivity contribution is 6.02. The molecule has 0 radical (unpaired) electrons. The highest BCUT2D eigenvalue weighted by Crippen LogP contribution is 2.33. The Morgan fingerprint density at radius 2 is 1.88 bits per heavy atom. The number of carboxylic acids is 1. The number of H-pyrrole nitrogens is 1. The van der Waals surface area contributed by atoms with Gasteiger partial charge >= 0.3 is 5.97 Å². The molecule has 0 aliphatic heterocycles. The fourth-order valence-corrected chi connectivity index (χ4v) is 2.93. The molecule has 1 unspecified atom stereocenters. The zero-order valence-corrected chi connectivity index (χ0v) is 14.2. The minimum absolute atomic E-state index is 0.134. The van der Waals surface area contributed by atoms with E-state index in [1.807, 2.05) is 13.8 Å². The van der Waals surface area contributed by atoms with Crippen LogP contribution in [0.1, 0.15) is 60.5 Å². The van der Waals surface area contributed by atoms with Crippen LogP contribution in [0.5, 0.6) is 0 Å². The summed E-state index contributed by atoms with van der Waals surface area (Å²) in [5, 5.41) is 11.5. The van der Waals surface area contributed by atoms with Gasteiger partial charge in [-0.25, -0.2) is 4.79 Å². The zero-order chi connectivity index (χ0) is 18.2. The molecule has 7 nitrogen and oxygen atoms in total. The van der Waals surface area contributed by atoms with Crippen molar-refractivity contribution in [3.63, 3.8) is 0 Å². The van der Waals surface area contributed by atoms with E-state index in [1.54, 1.807) is 13.8 Å². The molecule has 1 aromatic heterocycles. The number of amides is 1. The van der Waals surface area contributed by atoms with Crippen LogP contribution in [0.2, 0.25) is 0 Å². The van der Waals surface area contributed by atoms with Crippen molar-refractivity contribution < 1.29 is 19.5 Å². The minimum Gasteiger partial charge on any atom is -0.480 e. The van der Waals surface area contributed by atoms with Gasteiger partial charge in [-0.3, -0.25) is 14.4 Å². The number of carbonyl (C=O) groups is 3. The number of nitrogens with one attached hydrogen (secondary N) is 2. The molecule has 7 heteroatoms. The summed E-state index contributed by atoms with van der Waals surface area (Å²) >= 11 is 0. The Bertz CT molecular complexity index is 761. The number of Topliss-reactive ketones (excluding diaryl/α,β-unsaturated/α-hetero) is 1. The Labute approximate surface area is 139 Å². The first-order valence-corrected chi connectivity index (χ1v) is 7.85. The summed E-state index contributed by atoms with van der Waals surface area (Å²) in [4.78, 5) is 50.6. The van der Waals surface area contributed by atoms with Gasteiger partial charge in [-0.1, -0.05) is 27.7 Å². The van der Waals surface area contributed by atoms with Crippen molar-refractivity contribution in [2.24, 2.45) is 11.3 Å². The number of aromatic amines is 1. The summed E-state index contributed by atoms with van der Waals surface area (Å²) < 4.78 is 0. The summed E-state index contributed by atoms with van der Waals surface area (Å²) in [7, 11) is 0. The molecule has 1 atom stereocenters. The number of aliphatic carboxylic acids is 1. The van der Waals surface area contributed by atoms with Gasteiger partial charge in [0.1, 0.15) is 11.6 Å². The van der Waals surface area contributed by atoms with E-state index >= 15 is 0 Å². The number of ketones is 1. The lowest BCUT2D eigenvalue weighted by molar-refractivity contribution is -0.140. The molecule has 0 spiro atoms.